The van der Waals surface area contributed by atoms with Gasteiger partial charge in [-0.15, -0.1) is 0 Å². The minimum absolute atomic E-state index is 0.0276. The maximum absolute atomic E-state index is 13.3. The largest absolute Gasteiger partial charge is 0.396 e. The summed E-state index contributed by atoms with van der Waals surface area (Å²) in [6, 6.07) is 1.93. The number of ether oxygens (including phenoxy) is 1. The molecule has 1 atom stereocenters. The van der Waals surface area contributed by atoms with Crippen LogP contribution in [0.1, 0.15) is 6.92 Å². The molecule has 1 fully saturated rings. The number of nitrogens with zero attached hydrogens (tertiary/aromatic N) is 1. The van der Waals surface area contributed by atoms with E-state index < -0.39 is 15.8 Å². The summed E-state index contributed by atoms with van der Waals surface area (Å²) < 4.78 is 45.1. The van der Waals surface area contributed by atoms with Crippen molar-refractivity contribution in [3.63, 3.8) is 0 Å². The third-order valence-electron chi connectivity index (χ3n) is 2.94. The van der Waals surface area contributed by atoms with Crippen molar-refractivity contribution in [2.24, 2.45) is 0 Å². The maximum Gasteiger partial charge on any atom is 0.244 e. The Morgan fingerprint density at radius 1 is 1.53 bits per heavy atom. The van der Waals surface area contributed by atoms with E-state index in [9.17, 15) is 12.8 Å². The summed E-state index contributed by atoms with van der Waals surface area (Å²) in [6.07, 6.45) is 0. The molecule has 0 radical (unpaired) electrons. The van der Waals surface area contributed by atoms with Crippen LogP contribution in [-0.2, 0) is 14.8 Å². The number of nitrogen functional groups attached to an aromatic ring is 1. The fraction of sp³-hybridized carbons (Fsp3) is 0.455. The standard InChI is InChI=1S/C11H14BrFN2O3S/c1-7-6-18-3-2-15(7)19(16,17)11-5-10(14)9(13)4-8(11)12/h4-5,7H,2-3,6,14H2,1H3. The van der Waals surface area contributed by atoms with Crippen molar-refractivity contribution in [1.29, 1.82) is 0 Å². The molecule has 1 unspecified atom stereocenters. The van der Waals surface area contributed by atoms with Crippen molar-refractivity contribution >= 4 is 31.6 Å². The van der Waals surface area contributed by atoms with Crippen molar-refractivity contribution in [2.45, 2.75) is 17.9 Å². The maximum atomic E-state index is 13.3. The smallest absolute Gasteiger partial charge is 0.244 e. The molecule has 5 nitrogen and oxygen atoms in total. The highest BCUT2D eigenvalue weighted by molar-refractivity contribution is 9.10. The number of morpholine rings is 1. The number of halogens is 2. The van der Waals surface area contributed by atoms with E-state index >= 15 is 0 Å². The molecule has 2 rings (SSSR count). The first-order valence-electron chi connectivity index (χ1n) is 5.68. The Labute approximate surface area is 119 Å². The molecule has 1 aromatic carbocycles. The van der Waals surface area contributed by atoms with Crippen LogP contribution in [0, 0.1) is 5.82 Å². The van der Waals surface area contributed by atoms with Crippen molar-refractivity contribution in [3.05, 3.63) is 22.4 Å². The molecule has 2 N–H and O–H groups in total. The molecule has 1 aromatic rings. The zero-order valence-corrected chi connectivity index (χ0v) is 12.7. The van der Waals surface area contributed by atoms with Crippen LogP contribution >= 0.6 is 15.9 Å². The fourth-order valence-electron chi connectivity index (χ4n) is 1.94. The van der Waals surface area contributed by atoms with Crippen molar-refractivity contribution in [3.8, 4) is 0 Å². The lowest BCUT2D eigenvalue weighted by molar-refractivity contribution is 0.0392. The summed E-state index contributed by atoms with van der Waals surface area (Å²) in [7, 11) is -3.72. The summed E-state index contributed by atoms with van der Waals surface area (Å²) >= 11 is 3.07. The lowest BCUT2D eigenvalue weighted by atomic mass is 10.3. The van der Waals surface area contributed by atoms with Crippen LogP contribution in [0.25, 0.3) is 0 Å². The first-order valence-corrected chi connectivity index (χ1v) is 7.91. The molecule has 0 spiro atoms. The molecule has 1 aliphatic heterocycles. The van der Waals surface area contributed by atoms with Gasteiger partial charge in [-0.25, -0.2) is 12.8 Å². The highest BCUT2D eigenvalue weighted by Crippen LogP contribution is 2.30. The second-order valence-corrected chi connectivity index (χ2v) is 7.06. The molecule has 8 heteroatoms. The van der Waals surface area contributed by atoms with Crippen molar-refractivity contribution < 1.29 is 17.5 Å². The molecule has 1 aliphatic rings. The second-order valence-electron chi connectivity index (χ2n) is 4.34. The van der Waals surface area contributed by atoms with Gasteiger partial charge >= 0.3 is 0 Å². The molecule has 0 aliphatic carbocycles. The number of hydrogen-bond acceptors (Lipinski definition) is 4. The van der Waals surface area contributed by atoms with Gasteiger partial charge in [0.15, 0.2) is 0 Å². The predicted molar refractivity (Wildman–Crippen MR) is 72.7 cm³/mol. The Balaban J connectivity index is 2.47. The molecule has 0 amide bonds. The minimum Gasteiger partial charge on any atom is -0.396 e. The molecule has 1 saturated heterocycles. The van der Waals surface area contributed by atoms with Gasteiger partial charge in [0.25, 0.3) is 0 Å². The molecule has 19 heavy (non-hydrogen) atoms. The third kappa shape index (κ3) is 2.76. The topological polar surface area (TPSA) is 72.6 Å². The van der Waals surface area contributed by atoms with Crippen LogP contribution in [0.5, 0.6) is 0 Å². The molecular weight excluding hydrogens is 339 g/mol. The van der Waals surface area contributed by atoms with E-state index in [0.717, 1.165) is 12.1 Å². The Morgan fingerprint density at radius 3 is 2.84 bits per heavy atom. The number of benzene rings is 1. The zero-order chi connectivity index (χ0) is 14.2. The Bertz CT molecular complexity index is 594. The van der Waals surface area contributed by atoms with Crippen LogP contribution in [-0.4, -0.2) is 38.5 Å². The van der Waals surface area contributed by atoms with Crippen molar-refractivity contribution in [1.82, 2.24) is 4.31 Å². The highest BCUT2D eigenvalue weighted by atomic mass is 79.9. The monoisotopic (exact) mass is 352 g/mol. The van der Waals surface area contributed by atoms with Crippen LogP contribution in [0.3, 0.4) is 0 Å². The van der Waals surface area contributed by atoms with E-state index in [4.69, 9.17) is 10.5 Å². The lowest BCUT2D eigenvalue weighted by Gasteiger charge is -2.32. The van der Waals surface area contributed by atoms with Gasteiger partial charge in [-0.1, -0.05) is 0 Å². The average molecular weight is 353 g/mol. The van der Waals surface area contributed by atoms with Crippen LogP contribution in [0.15, 0.2) is 21.5 Å². The van der Waals surface area contributed by atoms with Gasteiger partial charge in [0.1, 0.15) is 5.82 Å². The van der Waals surface area contributed by atoms with E-state index in [1.807, 2.05) is 0 Å². The first kappa shape index (κ1) is 14.7. The summed E-state index contributed by atoms with van der Waals surface area (Å²) in [6.45, 7) is 2.72. The van der Waals surface area contributed by atoms with E-state index in [2.05, 4.69) is 15.9 Å². The first-order chi connectivity index (χ1) is 8.84. The normalized spacial score (nSPS) is 21.5. The van der Waals surface area contributed by atoms with Gasteiger partial charge in [0.05, 0.1) is 23.8 Å². The van der Waals surface area contributed by atoms with Gasteiger partial charge in [0.2, 0.25) is 10.0 Å². The molecule has 1 heterocycles. The van der Waals surface area contributed by atoms with E-state index in [-0.39, 0.29) is 27.6 Å². The van der Waals surface area contributed by atoms with Crippen LogP contribution in [0.2, 0.25) is 0 Å². The third-order valence-corrected chi connectivity index (χ3v) is 5.92. The molecule has 0 aromatic heterocycles. The summed E-state index contributed by atoms with van der Waals surface area (Å²) in [5, 5.41) is 0. The number of hydrogen-bond donors (Lipinski definition) is 1. The quantitative estimate of drug-likeness (QED) is 0.820. The van der Waals surface area contributed by atoms with Gasteiger partial charge in [-0.3, -0.25) is 0 Å². The van der Waals surface area contributed by atoms with E-state index in [0.29, 0.717) is 13.2 Å². The summed E-state index contributed by atoms with van der Waals surface area (Å²) in [4.78, 5) is -0.0276. The SMILES string of the molecule is CC1COCCN1S(=O)(=O)c1cc(N)c(F)cc1Br. The number of nitrogens with two attached hydrogens (primary N) is 1. The van der Waals surface area contributed by atoms with Crippen molar-refractivity contribution in [2.75, 3.05) is 25.5 Å². The second kappa shape index (κ2) is 5.35. The van der Waals surface area contributed by atoms with Gasteiger partial charge < -0.3 is 10.5 Å². The van der Waals surface area contributed by atoms with Gasteiger partial charge in [-0.05, 0) is 35.0 Å². The number of sulfonamides is 1. The van der Waals surface area contributed by atoms with E-state index in [1.165, 1.54) is 4.31 Å². The number of anilines is 1. The van der Waals surface area contributed by atoms with E-state index in [1.54, 1.807) is 6.92 Å². The Kier molecular flexibility index (Phi) is 4.14. The predicted octanol–water partition coefficient (Wildman–Crippen LogP) is 1.58. The Hall–Kier alpha value is -0.700. The molecule has 106 valence electrons. The Morgan fingerprint density at radius 2 is 2.21 bits per heavy atom. The van der Waals surface area contributed by atoms with Gasteiger partial charge in [0, 0.05) is 17.1 Å². The highest BCUT2D eigenvalue weighted by Gasteiger charge is 2.33. The average Bonchev–Trinajstić information content (AvgIpc) is 2.34. The molecular formula is C11H14BrFN2O3S. The van der Waals surface area contributed by atoms with Gasteiger partial charge in [-0.2, -0.15) is 4.31 Å². The molecule has 0 saturated carbocycles. The number of rotatable bonds is 2. The fourth-order valence-corrected chi connectivity index (χ4v) is 4.55. The minimum atomic E-state index is -3.72. The lowest BCUT2D eigenvalue weighted by Crippen LogP contribution is -2.47. The summed E-state index contributed by atoms with van der Waals surface area (Å²) in [5.41, 5.74) is 5.25. The molecule has 0 bridgehead atoms. The van der Waals surface area contributed by atoms with Crippen LogP contribution < -0.4 is 5.73 Å². The van der Waals surface area contributed by atoms with Crippen LogP contribution in [0.4, 0.5) is 10.1 Å². The zero-order valence-electron chi connectivity index (χ0n) is 10.3. The summed E-state index contributed by atoms with van der Waals surface area (Å²) in [5.74, 6) is -0.652.